The van der Waals surface area contributed by atoms with Crippen LogP contribution in [0, 0.1) is 19.3 Å². The molecule has 7 heteroatoms. The predicted octanol–water partition coefficient (Wildman–Crippen LogP) is 3.19. The molecule has 0 aliphatic rings. The molecule has 1 atom stereocenters. The Labute approximate surface area is 181 Å². The van der Waals surface area contributed by atoms with Gasteiger partial charge in [-0.1, -0.05) is 35.8 Å². The van der Waals surface area contributed by atoms with Gasteiger partial charge >= 0.3 is 0 Å². The van der Waals surface area contributed by atoms with Crippen LogP contribution in [0.3, 0.4) is 0 Å². The number of allylic oxidation sites excluding steroid dienone is 1. The van der Waals surface area contributed by atoms with Gasteiger partial charge in [0.25, 0.3) is 0 Å². The first kappa shape index (κ1) is 26.1. The summed E-state index contributed by atoms with van der Waals surface area (Å²) in [6.45, 7) is 11.6. The van der Waals surface area contributed by atoms with Gasteiger partial charge in [0.15, 0.2) is 0 Å². The van der Waals surface area contributed by atoms with E-state index in [4.69, 9.17) is 20.6 Å². The molecular weight excluding hydrogens is 402 g/mol. The normalized spacial score (nSPS) is 12.4. The first-order valence-electron chi connectivity index (χ1n) is 9.97. The highest BCUT2D eigenvalue weighted by molar-refractivity contribution is 7.89. The lowest BCUT2D eigenvalue weighted by atomic mass is 10.2. The van der Waals surface area contributed by atoms with Crippen LogP contribution in [-0.4, -0.2) is 65.0 Å². The molecule has 0 radical (unpaired) electrons. The zero-order valence-electron chi connectivity index (χ0n) is 17.8. The molecule has 1 aromatic rings. The van der Waals surface area contributed by atoms with Crippen LogP contribution < -0.4 is 0 Å². The number of ether oxygens (including phenoxy) is 3. The fourth-order valence-electron chi connectivity index (χ4n) is 2.51. The summed E-state index contributed by atoms with van der Waals surface area (Å²) >= 11 is 0. The van der Waals surface area contributed by atoms with Crippen LogP contribution in [0.5, 0.6) is 0 Å². The van der Waals surface area contributed by atoms with Crippen LogP contribution in [-0.2, 0) is 24.2 Å². The van der Waals surface area contributed by atoms with Gasteiger partial charge in [-0.05, 0) is 31.9 Å². The lowest BCUT2D eigenvalue weighted by Crippen LogP contribution is -2.38. The van der Waals surface area contributed by atoms with Crippen molar-refractivity contribution in [3.8, 4) is 12.3 Å². The van der Waals surface area contributed by atoms with Gasteiger partial charge in [0.05, 0.1) is 37.9 Å². The maximum Gasteiger partial charge on any atom is 0.243 e. The smallest absolute Gasteiger partial charge is 0.243 e. The van der Waals surface area contributed by atoms with Gasteiger partial charge in [0, 0.05) is 13.2 Å². The number of aryl methyl sites for hydroxylation is 1. The van der Waals surface area contributed by atoms with E-state index in [2.05, 4.69) is 19.1 Å². The van der Waals surface area contributed by atoms with Gasteiger partial charge < -0.3 is 14.2 Å². The molecule has 1 aromatic carbocycles. The molecule has 0 aromatic heterocycles. The minimum Gasteiger partial charge on any atom is -0.379 e. The Bertz CT molecular complexity index is 768. The lowest BCUT2D eigenvalue weighted by Gasteiger charge is -2.24. The van der Waals surface area contributed by atoms with Crippen molar-refractivity contribution in [3.05, 3.63) is 55.1 Å². The Hall–Kier alpha value is -1.95. The van der Waals surface area contributed by atoms with Crippen LogP contribution >= 0.6 is 0 Å². The van der Waals surface area contributed by atoms with Crippen molar-refractivity contribution in [2.24, 2.45) is 0 Å². The fraction of sp³-hybridized carbons (Fsp3) is 0.478. The summed E-state index contributed by atoms with van der Waals surface area (Å²) in [5.74, 6) is 2.50. The number of hydrogen-bond acceptors (Lipinski definition) is 5. The van der Waals surface area contributed by atoms with Gasteiger partial charge in [-0.3, -0.25) is 0 Å². The van der Waals surface area contributed by atoms with Crippen molar-refractivity contribution in [1.82, 2.24) is 4.31 Å². The van der Waals surface area contributed by atoms with E-state index in [1.54, 1.807) is 24.3 Å². The van der Waals surface area contributed by atoms with Crippen LogP contribution in [0.25, 0.3) is 0 Å². The molecule has 6 nitrogen and oxygen atoms in total. The molecule has 0 spiro atoms. The molecule has 0 heterocycles. The zero-order chi connectivity index (χ0) is 22.2. The van der Waals surface area contributed by atoms with Crippen LogP contribution in [0.4, 0.5) is 0 Å². The second kappa shape index (κ2) is 14.9. The van der Waals surface area contributed by atoms with E-state index < -0.39 is 16.1 Å². The Morgan fingerprint density at radius 3 is 2.30 bits per heavy atom. The van der Waals surface area contributed by atoms with Crippen molar-refractivity contribution in [1.29, 1.82) is 0 Å². The van der Waals surface area contributed by atoms with Crippen molar-refractivity contribution in [2.45, 2.75) is 30.8 Å². The Balaban J connectivity index is 2.45. The molecule has 30 heavy (non-hydrogen) atoms. The zero-order valence-corrected chi connectivity index (χ0v) is 18.6. The summed E-state index contributed by atoms with van der Waals surface area (Å²) in [6, 6.07) is 6.68. The number of unbranched alkanes of at least 4 members (excludes halogenated alkanes) is 1. The topological polar surface area (TPSA) is 65.1 Å². The quantitative estimate of drug-likeness (QED) is 0.214. The van der Waals surface area contributed by atoms with E-state index in [9.17, 15) is 8.42 Å². The molecule has 0 fully saturated rings. The maximum atomic E-state index is 12.9. The third kappa shape index (κ3) is 9.70. The largest absolute Gasteiger partial charge is 0.379 e. The molecule has 0 saturated carbocycles. The second-order valence-electron chi connectivity index (χ2n) is 6.61. The minimum absolute atomic E-state index is 0.0329. The fourth-order valence-corrected chi connectivity index (χ4v) is 3.93. The summed E-state index contributed by atoms with van der Waals surface area (Å²) in [5.41, 5.74) is 0.983. The predicted molar refractivity (Wildman–Crippen MR) is 120 cm³/mol. The maximum absolute atomic E-state index is 12.9. The molecule has 0 aliphatic carbocycles. The Morgan fingerprint density at radius 2 is 1.70 bits per heavy atom. The molecule has 0 saturated heterocycles. The average molecular weight is 436 g/mol. The van der Waals surface area contributed by atoms with Crippen molar-refractivity contribution in [3.63, 3.8) is 0 Å². The van der Waals surface area contributed by atoms with E-state index in [-0.39, 0.29) is 24.6 Å². The standard InChI is InChI=1S/C23H33NO5S/c1-5-8-9-15-27-16-17-28-18-19-29-22(7-3)20-24(14-6-2)30(25,26)23-12-10-21(4)11-13-23/h3,5-6,10-13,22H,1-2,8-9,14-20H2,4H3. The van der Waals surface area contributed by atoms with E-state index in [0.717, 1.165) is 18.4 Å². The molecule has 166 valence electrons. The highest BCUT2D eigenvalue weighted by Crippen LogP contribution is 2.17. The van der Waals surface area contributed by atoms with E-state index in [1.807, 2.05) is 13.0 Å². The number of terminal acetylenes is 1. The van der Waals surface area contributed by atoms with Crippen LogP contribution in [0.1, 0.15) is 18.4 Å². The molecule has 0 amide bonds. The minimum atomic E-state index is -3.70. The van der Waals surface area contributed by atoms with Gasteiger partial charge in [-0.25, -0.2) is 8.42 Å². The monoisotopic (exact) mass is 435 g/mol. The Morgan fingerprint density at radius 1 is 1.07 bits per heavy atom. The third-order valence-corrected chi connectivity index (χ3v) is 6.01. The van der Waals surface area contributed by atoms with Gasteiger partial charge in [0.1, 0.15) is 6.10 Å². The molecule has 0 bridgehead atoms. The summed E-state index contributed by atoms with van der Waals surface area (Å²) < 4.78 is 43.6. The van der Waals surface area contributed by atoms with Gasteiger partial charge in [0.2, 0.25) is 10.0 Å². The van der Waals surface area contributed by atoms with E-state index in [0.29, 0.717) is 26.4 Å². The van der Waals surface area contributed by atoms with Crippen molar-refractivity contribution < 1.29 is 22.6 Å². The summed E-state index contributed by atoms with van der Waals surface area (Å²) in [6.07, 6.45) is 10.1. The van der Waals surface area contributed by atoms with Crippen molar-refractivity contribution in [2.75, 3.05) is 46.1 Å². The molecule has 1 rings (SSSR count). The van der Waals surface area contributed by atoms with E-state index >= 15 is 0 Å². The number of sulfonamides is 1. The number of benzene rings is 1. The summed E-state index contributed by atoms with van der Waals surface area (Å²) in [7, 11) is -3.70. The number of rotatable bonds is 17. The van der Waals surface area contributed by atoms with Crippen LogP contribution in [0.15, 0.2) is 54.5 Å². The summed E-state index contributed by atoms with van der Waals surface area (Å²) in [5, 5.41) is 0. The number of nitrogens with zero attached hydrogens (tertiary/aromatic N) is 1. The number of hydrogen-bond donors (Lipinski definition) is 0. The highest BCUT2D eigenvalue weighted by Gasteiger charge is 2.26. The van der Waals surface area contributed by atoms with Gasteiger partial charge in [-0.15, -0.1) is 19.6 Å². The lowest BCUT2D eigenvalue weighted by molar-refractivity contribution is -0.0000325. The van der Waals surface area contributed by atoms with Crippen LogP contribution in [0.2, 0.25) is 0 Å². The third-order valence-electron chi connectivity index (χ3n) is 4.16. The SMILES string of the molecule is C#CC(CN(CC=C)S(=O)(=O)c1ccc(C)cc1)OCCOCCOCCCC=C. The summed E-state index contributed by atoms with van der Waals surface area (Å²) in [4.78, 5) is 0.210. The first-order valence-corrected chi connectivity index (χ1v) is 11.4. The Kier molecular flexibility index (Phi) is 13.0. The molecule has 1 unspecified atom stereocenters. The average Bonchev–Trinajstić information content (AvgIpc) is 2.73. The van der Waals surface area contributed by atoms with E-state index in [1.165, 1.54) is 10.4 Å². The molecular formula is C23H33NO5S. The molecule has 0 N–H and O–H groups in total. The molecule has 0 aliphatic heterocycles. The van der Waals surface area contributed by atoms with Gasteiger partial charge in [-0.2, -0.15) is 4.31 Å². The first-order chi connectivity index (χ1) is 14.5. The van der Waals surface area contributed by atoms with Crippen molar-refractivity contribution >= 4 is 10.0 Å². The highest BCUT2D eigenvalue weighted by atomic mass is 32.2. The second-order valence-corrected chi connectivity index (χ2v) is 8.54.